The highest BCUT2D eigenvalue weighted by atomic mass is 35.5. The maximum absolute atomic E-state index is 13.9. The molecule has 0 bridgehead atoms. The van der Waals surface area contributed by atoms with E-state index in [1.807, 2.05) is 75.2 Å². The van der Waals surface area contributed by atoms with Gasteiger partial charge in [-0.2, -0.15) is 0 Å². The Hall–Kier alpha value is -3.89. The zero-order valence-electron chi connectivity index (χ0n) is 27.5. The molecule has 0 aliphatic carbocycles. The van der Waals surface area contributed by atoms with E-state index in [0.29, 0.717) is 43.3 Å². The first-order valence-corrected chi connectivity index (χ1v) is 16.5. The quantitative estimate of drug-likeness (QED) is 0.235. The molecule has 0 N–H and O–H groups in total. The van der Waals surface area contributed by atoms with Gasteiger partial charge in [0.25, 0.3) is 5.91 Å². The Morgan fingerprint density at radius 1 is 1.00 bits per heavy atom. The Morgan fingerprint density at radius 2 is 1.72 bits per heavy atom. The van der Waals surface area contributed by atoms with Crippen LogP contribution >= 0.6 is 11.6 Å². The van der Waals surface area contributed by atoms with Gasteiger partial charge in [0.05, 0.1) is 23.1 Å². The molecule has 2 aliphatic rings. The molecule has 11 heteroatoms. The number of benzene rings is 2. The molecule has 0 saturated carbocycles. The fourth-order valence-corrected chi connectivity index (χ4v) is 6.79. The van der Waals surface area contributed by atoms with E-state index in [-0.39, 0.29) is 30.0 Å². The molecule has 4 aromatic rings. The van der Waals surface area contributed by atoms with Crippen molar-refractivity contribution in [2.24, 2.45) is 0 Å². The van der Waals surface area contributed by atoms with Crippen LogP contribution in [0, 0.1) is 6.92 Å². The van der Waals surface area contributed by atoms with Crippen molar-refractivity contribution in [3.8, 4) is 5.69 Å². The van der Waals surface area contributed by atoms with Crippen molar-refractivity contribution in [2.75, 3.05) is 26.2 Å². The molecule has 2 aliphatic heterocycles. The molecule has 2 aromatic heterocycles. The second-order valence-electron chi connectivity index (χ2n) is 13.8. The molecule has 6 rings (SSSR count). The lowest BCUT2D eigenvalue weighted by atomic mass is 9.93. The molecule has 244 valence electrons. The van der Waals surface area contributed by atoms with E-state index in [9.17, 15) is 9.59 Å². The van der Waals surface area contributed by atoms with Crippen LogP contribution in [0.15, 0.2) is 53.1 Å². The van der Waals surface area contributed by atoms with Gasteiger partial charge in [0, 0.05) is 61.1 Å². The second kappa shape index (κ2) is 12.7. The second-order valence-corrected chi connectivity index (χ2v) is 14.3. The summed E-state index contributed by atoms with van der Waals surface area (Å²) in [5, 5.41) is 10.6. The third kappa shape index (κ3) is 6.93. The average molecular weight is 647 g/mol. The van der Waals surface area contributed by atoms with Gasteiger partial charge in [-0.25, -0.2) is 9.48 Å². The van der Waals surface area contributed by atoms with E-state index in [4.69, 9.17) is 20.8 Å². The highest BCUT2D eigenvalue weighted by Gasteiger charge is 2.34. The Balaban J connectivity index is 1.12. The van der Waals surface area contributed by atoms with Crippen LogP contribution < -0.4 is 0 Å². The van der Waals surface area contributed by atoms with Crippen molar-refractivity contribution in [3.63, 3.8) is 0 Å². The molecule has 2 atom stereocenters. The van der Waals surface area contributed by atoms with Crippen molar-refractivity contribution >= 4 is 34.6 Å². The summed E-state index contributed by atoms with van der Waals surface area (Å²) >= 11 is 6.17. The monoisotopic (exact) mass is 646 g/mol. The highest BCUT2D eigenvalue weighted by molar-refractivity contribution is 6.31. The van der Waals surface area contributed by atoms with Gasteiger partial charge < -0.3 is 19.0 Å². The van der Waals surface area contributed by atoms with Gasteiger partial charge >= 0.3 is 6.09 Å². The van der Waals surface area contributed by atoms with Gasteiger partial charge in [0.2, 0.25) is 0 Å². The van der Waals surface area contributed by atoms with Crippen LogP contribution in [0.1, 0.15) is 80.8 Å². The number of halogens is 1. The van der Waals surface area contributed by atoms with Crippen LogP contribution in [-0.4, -0.2) is 85.6 Å². The summed E-state index contributed by atoms with van der Waals surface area (Å²) in [6.45, 7) is 14.9. The molecule has 10 nitrogen and oxygen atoms in total. The summed E-state index contributed by atoms with van der Waals surface area (Å²) in [5.74, 6) is 1.19. The van der Waals surface area contributed by atoms with Crippen molar-refractivity contribution in [2.45, 2.75) is 84.5 Å². The molecular formula is C35H43ClN6O4. The predicted octanol–water partition coefficient (Wildman–Crippen LogP) is 6.82. The first-order valence-electron chi connectivity index (χ1n) is 16.1. The normalized spacial score (nSPS) is 20.0. The lowest BCUT2D eigenvalue weighted by Gasteiger charge is -2.44. The Kier molecular flexibility index (Phi) is 8.87. The number of nitrogens with zero attached hydrogens (tertiary/aromatic N) is 6. The van der Waals surface area contributed by atoms with Crippen molar-refractivity contribution in [3.05, 3.63) is 76.3 Å². The number of rotatable bonds is 5. The van der Waals surface area contributed by atoms with Crippen molar-refractivity contribution in [1.82, 2.24) is 29.7 Å². The van der Waals surface area contributed by atoms with E-state index in [0.717, 1.165) is 46.5 Å². The minimum absolute atomic E-state index is 0.0117. The Labute approximate surface area is 275 Å². The minimum Gasteiger partial charge on any atom is -0.461 e. The summed E-state index contributed by atoms with van der Waals surface area (Å²) in [6.07, 6.45) is 3.28. The van der Waals surface area contributed by atoms with Gasteiger partial charge in [-0.15, -0.1) is 5.10 Å². The topological polar surface area (TPSA) is 96.9 Å². The number of amides is 2. The zero-order valence-corrected chi connectivity index (χ0v) is 28.3. The number of carbonyl (C=O) groups is 2. The number of aromatic nitrogens is 3. The summed E-state index contributed by atoms with van der Waals surface area (Å²) in [6, 6.07) is 13.8. The van der Waals surface area contributed by atoms with Crippen LogP contribution in [-0.2, 0) is 11.3 Å². The Morgan fingerprint density at radius 3 is 2.41 bits per heavy atom. The molecule has 4 heterocycles. The maximum Gasteiger partial charge on any atom is 0.410 e. The van der Waals surface area contributed by atoms with Crippen LogP contribution in [0.2, 0.25) is 5.02 Å². The summed E-state index contributed by atoms with van der Waals surface area (Å²) < 4.78 is 13.5. The molecule has 2 fully saturated rings. The van der Waals surface area contributed by atoms with Gasteiger partial charge in [0.1, 0.15) is 16.9 Å². The van der Waals surface area contributed by atoms with Gasteiger partial charge in [-0.3, -0.25) is 9.69 Å². The number of carbonyl (C=O) groups excluding carboxylic acids is 2. The molecule has 0 unspecified atom stereocenters. The molecule has 0 spiro atoms. The lowest BCUT2D eigenvalue weighted by molar-refractivity contribution is -0.00997. The predicted molar refractivity (Wildman–Crippen MR) is 177 cm³/mol. The molecular weight excluding hydrogens is 604 g/mol. The average Bonchev–Trinajstić information content (AvgIpc) is 3.65. The molecule has 2 aromatic carbocycles. The summed E-state index contributed by atoms with van der Waals surface area (Å²) in [7, 11) is 0. The van der Waals surface area contributed by atoms with E-state index in [2.05, 4.69) is 35.1 Å². The number of hydrogen-bond donors (Lipinski definition) is 0. The number of piperidine rings is 1. The van der Waals surface area contributed by atoms with Gasteiger partial charge in [-0.1, -0.05) is 22.9 Å². The Bertz CT molecular complexity index is 1720. The number of aryl methyl sites for hydroxylation is 1. The lowest BCUT2D eigenvalue weighted by Crippen LogP contribution is -2.58. The summed E-state index contributed by atoms with van der Waals surface area (Å²) in [4.78, 5) is 32.6. The molecule has 46 heavy (non-hydrogen) atoms. The van der Waals surface area contributed by atoms with Crippen LogP contribution in [0.3, 0.4) is 0 Å². The SMILES string of the molecule is Cc1ccc(C(=O)N2CCC(c3cc4cc(Cl)ccc4o3)CC2)c(-n2cc(CN3[C@H](C)CN(C(=O)OC(C)(C)C)C[C@@H]3C)nn2)c1. The third-order valence-corrected chi connectivity index (χ3v) is 9.19. The van der Waals surface area contributed by atoms with E-state index >= 15 is 0 Å². The minimum atomic E-state index is -0.531. The van der Waals surface area contributed by atoms with E-state index < -0.39 is 5.60 Å². The number of ether oxygens (including phenoxy) is 1. The van der Waals surface area contributed by atoms with Gasteiger partial charge in [-0.05, 0) is 96.3 Å². The van der Waals surface area contributed by atoms with Crippen molar-refractivity contribution in [1.29, 1.82) is 0 Å². The van der Waals surface area contributed by atoms with Gasteiger partial charge in [0.15, 0.2) is 0 Å². The largest absolute Gasteiger partial charge is 0.461 e. The molecule has 2 saturated heterocycles. The molecule has 2 amide bonds. The third-order valence-electron chi connectivity index (χ3n) is 8.95. The first-order chi connectivity index (χ1) is 21.8. The van der Waals surface area contributed by atoms with Crippen LogP contribution in [0.5, 0.6) is 0 Å². The standard InChI is InChI=1S/C35H43ClN6O4/c1-22-7-9-29(33(43)39-13-11-25(12-14-39)32-17-26-16-27(36)8-10-31(26)45-32)30(15-22)42-21-28(37-38-42)20-41-23(2)18-40(19-24(41)3)34(44)46-35(4,5)6/h7-10,15-17,21,23-25H,11-14,18-20H2,1-6H3/t23-,24+. The number of piperazine rings is 1. The van der Waals surface area contributed by atoms with E-state index in [1.165, 1.54) is 0 Å². The fraction of sp³-hybridized carbons (Fsp3) is 0.486. The smallest absolute Gasteiger partial charge is 0.410 e. The van der Waals surface area contributed by atoms with Crippen molar-refractivity contribution < 1.29 is 18.7 Å². The fourth-order valence-electron chi connectivity index (χ4n) is 6.60. The van der Waals surface area contributed by atoms with Crippen LogP contribution in [0.4, 0.5) is 4.79 Å². The number of hydrogen-bond acceptors (Lipinski definition) is 7. The van der Waals surface area contributed by atoms with E-state index in [1.54, 1.807) is 9.58 Å². The number of likely N-dealkylation sites (tertiary alicyclic amines) is 1. The number of furan rings is 1. The van der Waals surface area contributed by atoms with Crippen LogP contribution in [0.25, 0.3) is 16.7 Å². The number of fused-ring (bicyclic) bond motifs is 1. The first kappa shape index (κ1) is 32.1. The maximum atomic E-state index is 13.9. The summed E-state index contributed by atoms with van der Waals surface area (Å²) in [5.41, 5.74) is 3.46. The zero-order chi connectivity index (χ0) is 32.7. The highest BCUT2D eigenvalue weighted by Crippen LogP contribution is 2.34. The molecule has 0 radical (unpaired) electrons.